The Kier molecular flexibility index (Phi) is 9.23. The van der Waals surface area contributed by atoms with Gasteiger partial charge < -0.3 is 25.0 Å². The minimum absolute atomic E-state index is 0.108. The van der Waals surface area contributed by atoms with Crippen molar-refractivity contribution < 1.29 is 23.9 Å². The van der Waals surface area contributed by atoms with Crippen LogP contribution in [0.3, 0.4) is 0 Å². The number of nitrogens with one attached hydrogen (secondary N) is 2. The molecule has 3 amide bonds. The van der Waals surface area contributed by atoms with E-state index in [-0.39, 0.29) is 44.0 Å². The number of ether oxygens (including phenoxy) is 2. The molecule has 2 aromatic heterocycles. The van der Waals surface area contributed by atoms with Gasteiger partial charge in [-0.3, -0.25) is 19.4 Å². The molecule has 2 aliphatic rings. The Balaban J connectivity index is 1.31. The van der Waals surface area contributed by atoms with Gasteiger partial charge in [-0.05, 0) is 62.4 Å². The number of fused-ring (bicyclic) bond motifs is 4. The minimum atomic E-state index is -0.534. The Hall–Kier alpha value is -5.26. The van der Waals surface area contributed by atoms with Gasteiger partial charge in [0.1, 0.15) is 12.4 Å². The summed E-state index contributed by atoms with van der Waals surface area (Å²) in [6, 6.07) is 15.9. The molecule has 0 spiro atoms. The van der Waals surface area contributed by atoms with Crippen molar-refractivity contribution in [3.8, 4) is 22.9 Å². The summed E-state index contributed by atoms with van der Waals surface area (Å²) in [7, 11) is 1.53. The molecule has 0 radical (unpaired) electrons. The molecule has 3 heterocycles. The number of amides is 3. The maximum absolute atomic E-state index is 13.8. The average molecular weight is 624 g/mol. The van der Waals surface area contributed by atoms with Gasteiger partial charge in [-0.2, -0.15) is 5.10 Å². The third-order valence-electron chi connectivity index (χ3n) is 8.19. The number of nitrogens with zero attached hydrogens (tertiary/aromatic N) is 5. The Morgan fingerprint density at radius 2 is 1.85 bits per heavy atom. The van der Waals surface area contributed by atoms with Crippen LogP contribution in [0.1, 0.15) is 63.6 Å². The predicted molar refractivity (Wildman–Crippen MR) is 170 cm³/mol. The molecule has 1 aliphatic heterocycles. The van der Waals surface area contributed by atoms with E-state index in [1.807, 2.05) is 43.3 Å². The third-order valence-corrected chi connectivity index (χ3v) is 8.19. The lowest BCUT2D eigenvalue weighted by Gasteiger charge is -2.24. The standard InChI is InChI=1S/C34H37N7O5/c1-22-32-38-31(23-8-4-3-5-9-23)39-41(32)16-17-46-29-19-25(12-13-28(29)45-2)33(43)35-14-15-40(21-30(42)37-22)34(44)26-18-24-10-6-7-11-27(24)36-20-26/h3-5,8-9,12-13,18-20,22H,6-7,10-11,14-17,21H2,1-2H3,(H,35,43)(H,37,42)/t22-/m1/s1. The fraction of sp³-hybridized carbons (Fsp3) is 0.353. The predicted octanol–water partition coefficient (Wildman–Crippen LogP) is 3.37. The van der Waals surface area contributed by atoms with Gasteiger partial charge in [0.25, 0.3) is 11.8 Å². The van der Waals surface area contributed by atoms with Crippen LogP contribution in [0, 0.1) is 0 Å². The van der Waals surface area contributed by atoms with Crippen molar-refractivity contribution >= 4 is 17.7 Å². The van der Waals surface area contributed by atoms with Crippen molar-refractivity contribution in [1.29, 1.82) is 0 Å². The number of carbonyl (C=O) groups excluding carboxylic acids is 3. The molecule has 238 valence electrons. The fourth-order valence-electron chi connectivity index (χ4n) is 5.79. The Bertz CT molecular complexity index is 1740. The summed E-state index contributed by atoms with van der Waals surface area (Å²) < 4.78 is 13.2. The maximum Gasteiger partial charge on any atom is 0.255 e. The van der Waals surface area contributed by atoms with E-state index in [1.165, 1.54) is 12.0 Å². The van der Waals surface area contributed by atoms with Crippen LogP contribution >= 0.6 is 0 Å². The van der Waals surface area contributed by atoms with Gasteiger partial charge in [-0.25, -0.2) is 9.67 Å². The molecule has 2 aromatic carbocycles. The van der Waals surface area contributed by atoms with Crippen LogP contribution in [-0.4, -0.2) is 75.7 Å². The molecular weight excluding hydrogens is 586 g/mol. The topological polar surface area (TPSA) is 141 Å². The molecule has 0 saturated heterocycles. The summed E-state index contributed by atoms with van der Waals surface area (Å²) in [5, 5.41) is 10.6. The Labute approximate surface area is 267 Å². The summed E-state index contributed by atoms with van der Waals surface area (Å²) in [4.78, 5) is 51.1. The number of aryl methyl sites for hydroxylation is 2. The second-order valence-corrected chi connectivity index (χ2v) is 11.4. The molecule has 12 heteroatoms. The number of pyridine rings is 1. The Morgan fingerprint density at radius 1 is 1.02 bits per heavy atom. The number of methoxy groups -OCH3 is 1. The quantitative estimate of drug-likeness (QED) is 0.354. The van der Waals surface area contributed by atoms with Gasteiger partial charge in [0.15, 0.2) is 17.3 Å². The zero-order chi connectivity index (χ0) is 32.0. The van der Waals surface area contributed by atoms with Gasteiger partial charge in [0.2, 0.25) is 5.91 Å². The number of carbonyl (C=O) groups is 3. The van der Waals surface area contributed by atoms with E-state index >= 15 is 0 Å². The minimum Gasteiger partial charge on any atom is -0.493 e. The molecule has 6 rings (SSSR count). The van der Waals surface area contributed by atoms with Gasteiger partial charge in [-0.15, -0.1) is 0 Å². The highest BCUT2D eigenvalue weighted by molar-refractivity contribution is 5.97. The molecule has 0 saturated carbocycles. The molecule has 1 atom stereocenters. The lowest BCUT2D eigenvalue weighted by Crippen LogP contribution is -2.45. The SMILES string of the molecule is COc1ccc2cc1OCCn1nc(-c3ccccc3)nc1[C@@H](C)NC(=O)CN(C(=O)c1cnc3c(c1)CCCC3)CCNC2=O. The average Bonchev–Trinajstić information content (AvgIpc) is 3.51. The smallest absolute Gasteiger partial charge is 0.255 e. The number of hydrogen-bond donors (Lipinski definition) is 2. The first-order valence-corrected chi connectivity index (χ1v) is 15.5. The lowest BCUT2D eigenvalue weighted by atomic mass is 9.95. The van der Waals surface area contributed by atoms with Gasteiger partial charge in [0.05, 0.1) is 31.8 Å². The highest BCUT2D eigenvalue weighted by Crippen LogP contribution is 2.28. The van der Waals surface area contributed by atoms with Gasteiger partial charge >= 0.3 is 0 Å². The summed E-state index contributed by atoms with van der Waals surface area (Å²) >= 11 is 0. The molecule has 4 aromatic rings. The van der Waals surface area contributed by atoms with Crippen LogP contribution in [0.5, 0.6) is 11.5 Å². The Morgan fingerprint density at radius 3 is 2.67 bits per heavy atom. The zero-order valence-corrected chi connectivity index (χ0v) is 26.0. The first-order valence-electron chi connectivity index (χ1n) is 15.5. The number of aromatic nitrogens is 4. The van der Waals surface area contributed by atoms with E-state index in [4.69, 9.17) is 19.6 Å². The zero-order valence-electron chi connectivity index (χ0n) is 26.0. The van der Waals surface area contributed by atoms with Crippen LogP contribution < -0.4 is 20.1 Å². The first-order chi connectivity index (χ1) is 22.4. The summed E-state index contributed by atoms with van der Waals surface area (Å²) in [5.74, 6) is 0.894. The van der Waals surface area contributed by atoms with E-state index in [0.717, 1.165) is 42.5 Å². The van der Waals surface area contributed by atoms with Crippen molar-refractivity contribution in [1.82, 2.24) is 35.3 Å². The van der Waals surface area contributed by atoms with E-state index in [0.29, 0.717) is 40.8 Å². The molecule has 0 fully saturated rings. The second-order valence-electron chi connectivity index (χ2n) is 11.4. The summed E-state index contributed by atoms with van der Waals surface area (Å²) in [6.45, 7) is 2.36. The monoisotopic (exact) mass is 623 g/mol. The van der Waals surface area contributed by atoms with Crippen LogP contribution in [-0.2, 0) is 24.2 Å². The molecule has 46 heavy (non-hydrogen) atoms. The molecule has 0 unspecified atom stereocenters. The molecule has 12 nitrogen and oxygen atoms in total. The number of benzene rings is 2. The maximum atomic E-state index is 13.8. The van der Waals surface area contributed by atoms with Crippen molar-refractivity contribution in [2.24, 2.45) is 0 Å². The third kappa shape index (κ3) is 6.85. The summed E-state index contributed by atoms with van der Waals surface area (Å²) in [6.07, 6.45) is 5.49. The highest BCUT2D eigenvalue weighted by Gasteiger charge is 2.25. The van der Waals surface area contributed by atoms with Gasteiger partial charge in [-0.1, -0.05) is 30.3 Å². The van der Waals surface area contributed by atoms with Crippen molar-refractivity contribution in [3.05, 3.63) is 89.0 Å². The fourth-order valence-corrected chi connectivity index (χ4v) is 5.79. The van der Waals surface area contributed by atoms with E-state index in [9.17, 15) is 14.4 Å². The lowest BCUT2D eigenvalue weighted by molar-refractivity contribution is -0.122. The number of rotatable bonds is 3. The van der Waals surface area contributed by atoms with Crippen molar-refractivity contribution in [2.75, 3.05) is 33.4 Å². The normalized spacial score (nSPS) is 17.4. The van der Waals surface area contributed by atoms with E-state index < -0.39 is 6.04 Å². The molecule has 1 aliphatic carbocycles. The number of hydrogen-bond acceptors (Lipinski definition) is 8. The van der Waals surface area contributed by atoms with Gasteiger partial charge in [0, 0.05) is 36.1 Å². The van der Waals surface area contributed by atoms with Crippen LogP contribution in [0.15, 0.2) is 60.8 Å². The molecular formula is C34H37N7O5. The largest absolute Gasteiger partial charge is 0.493 e. The van der Waals surface area contributed by atoms with Crippen LogP contribution in [0.25, 0.3) is 11.4 Å². The molecule has 2 bridgehead atoms. The van der Waals surface area contributed by atoms with E-state index in [1.54, 1.807) is 29.1 Å². The van der Waals surface area contributed by atoms with Crippen LogP contribution in [0.4, 0.5) is 0 Å². The van der Waals surface area contributed by atoms with Crippen molar-refractivity contribution in [2.45, 2.75) is 45.2 Å². The van der Waals surface area contributed by atoms with Crippen molar-refractivity contribution in [3.63, 3.8) is 0 Å². The highest BCUT2D eigenvalue weighted by atomic mass is 16.5. The first kappa shape index (κ1) is 30.8. The second kappa shape index (κ2) is 13.8. The van der Waals surface area contributed by atoms with E-state index in [2.05, 4.69) is 15.6 Å². The summed E-state index contributed by atoms with van der Waals surface area (Å²) in [5.41, 5.74) is 3.71. The molecule has 2 N–H and O–H groups in total. The van der Waals surface area contributed by atoms with Crippen LogP contribution in [0.2, 0.25) is 0 Å².